The Balaban J connectivity index is 1.55. The second-order valence-electron chi connectivity index (χ2n) is 7.81. The smallest absolute Gasteiger partial charge is 0.243 e. The van der Waals surface area contributed by atoms with Gasteiger partial charge in [-0.2, -0.15) is 0 Å². The minimum atomic E-state index is -0.246. The van der Waals surface area contributed by atoms with Gasteiger partial charge in [0, 0.05) is 12.2 Å². The fraction of sp³-hybridized carbons (Fsp3) is 0.280. The van der Waals surface area contributed by atoms with Gasteiger partial charge < -0.3 is 15.1 Å². The third-order valence-corrected chi connectivity index (χ3v) is 4.96. The molecule has 0 saturated heterocycles. The molecule has 0 unspecified atom stereocenters. The van der Waals surface area contributed by atoms with Gasteiger partial charge in [0.2, 0.25) is 11.8 Å². The molecule has 31 heavy (non-hydrogen) atoms. The number of nitrogens with one attached hydrogen (secondary N) is 2. The van der Waals surface area contributed by atoms with Gasteiger partial charge in [0.15, 0.2) is 0 Å². The van der Waals surface area contributed by atoms with Crippen LogP contribution in [0.15, 0.2) is 65.3 Å². The lowest BCUT2D eigenvalue weighted by molar-refractivity contribution is -0.125. The van der Waals surface area contributed by atoms with E-state index < -0.39 is 0 Å². The van der Waals surface area contributed by atoms with E-state index in [1.165, 1.54) is 0 Å². The monoisotopic (exact) mass is 419 g/mol. The van der Waals surface area contributed by atoms with Crippen LogP contribution in [0, 0.1) is 20.8 Å². The Morgan fingerprint density at radius 1 is 0.903 bits per heavy atom. The van der Waals surface area contributed by atoms with E-state index in [0.29, 0.717) is 13.1 Å². The number of rotatable bonds is 9. The summed E-state index contributed by atoms with van der Waals surface area (Å²) >= 11 is 0. The molecule has 162 valence electrons. The standard InChI is InChI=1S/C25H29N3O3/c1-18-12-19(2)25(20(3)13-18)27-23(29)14-26-24(30)17-28(16-22-10-7-11-31-22)15-21-8-5-4-6-9-21/h4-13H,14-17H2,1-3H3,(H,26,30)(H,27,29). The van der Waals surface area contributed by atoms with Crippen LogP contribution in [0.1, 0.15) is 28.0 Å². The number of benzene rings is 2. The average molecular weight is 420 g/mol. The zero-order chi connectivity index (χ0) is 22.2. The number of aryl methyl sites for hydroxylation is 3. The predicted octanol–water partition coefficient (Wildman–Crippen LogP) is 3.96. The minimum Gasteiger partial charge on any atom is -0.468 e. The molecule has 3 rings (SSSR count). The first kappa shape index (κ1) is 22.3. The summed E-state index contributed by atoms with van der Waals surface area (Å²) in [5.74, 6) is 0.325. The van der Waals surface area contributed by atoms with Crippen molar-refractivity contribution in [1.29, 1.82) is 0 Å². The number of hydrogen-bond acceptors (Lipinski definition) is 4. The van der Waals surface area contributed by atoms with Crippen molar-refractivity contribution < 1.29 is 14.0 Å². The lowest BCUT2D eigenvalue weighted by atomic mass is 10.1. The zero-order valence-corrected chi connectivity index (χ0v) is 18.3. The fourth-order valence-corrected chi connectivity index (χ4v) is 3.63. The summed E-state index contributed by atoms with van der Waals surface area (Å²) in [4.78, 5) is 26.9. The second-order valence-corrected chi connectivity index (χ2v) is 7.81. The van der Waals surface area contributed by atoms with Gasteiger partial charge in [0.25, 0.3) is 0 Å². The van der Waals surface area contributed by atoms with Crippen molar-refractivity contribution >= 4 is 17.5 Å². The maximum absolute atomic E-state index is 12.5. The van der Waals surface area contributed by atoms with Gasteiger partial charge >= 0.3 is 0 Å². The molecule has 0 aliphatic carbocycles. The summed E-state index contributed by atoms with van der Waals surface area (Å²) in [7, 11) is 0. The van der Waals surface area contributed by atoms with Gasteiger partial charge in [-0.05, 0) is 49.6 Å². The van der Waals surface area contributed by atoms with Gasteiger partial charge in [-0.15, -0.1) is 0 Å². The molecule has 0 spiro atoms. The van der Waals surface area contributed by atoms with Crippen LogP contribution < -0.4 is 10.6 Å². The molecule has 0 atom stereocenters. The summed E-state index contributed by atoms with van der Waals surface area (Å²) in [5.41, 5.74) is 5.06. The maximum Gasteiger partial charge on any atom is 0.243 e. The Morgan fingerprint density at radius 2 is 1.61 bits per heavy atom. The number of carbonyl (C=O) groups excluding carboxylic acids is 2. The Hall–Kier alpha value is -3.38. The van der Waals surface area contributed by atoms with Crippen LogP contribution in [0.5, 0.6) is 0 Å². The molecule has 1 aromatic heterocycles. The number of anilines is 1. The highest BCUT2D eigenvalue weighted by Gasteiger charge is 2.15. The van der Waals surface area contributed by atoms with Crippen LogP contribution in [0.3, 0.4) is 0 Å². The van der Waals surface area contributed by atoms with E-state index in [4.69, 9.17) is 4.42 Å². The van der Waals surface area contributed by atoms with E-state index in [1.54, 1.807) is 6.26 Å². The van der Waals surface area contributed by atoms with E-state index >= 15 is 0 Å². The molecular formula is C25H29N3O3. The Morgan fingerprint density at radius 3 is 2.26 bits per heavy atom. The first-order chi connectivity index (χ1) is 14.9. The van der Waals surface area contributed by atoms with Gasteiger partial charge in [-0.25, -0.2) is 0 Å². The molecule has 2 N–H and O–H groups in total. The molecule has 0 radical (unpaired) electrons. The van der Waals surface area contributed by atoms with Crippen LogP contribution in [0.4, 0.5) is 5.69 Å². The minimum absolute atomic E-state index is 0.0779. The molecule has 0 bridgehead atoms. The number of furan rings is 1. The highest BCUT2D eigenvalue weighted by molar-refractivity contribution is 5.96. The maximum atomic E-state index is 12.5. The molecule has 0 aliphatic heterocycles. The van der Waals surface area contributed by atoms with Crippen molar-refractivity contribution in [3.63, 3.8) is 0 Å². The molecule has 0 fully saturated rings. The van der Waals surface area contributed by atoms with Crippen LogP contribution in [0.25, 0.3) is 0 Å². The van der Waals surface area contributed by atoms with E-state index in [0.717, 1.165) is 33.7 Å². The predicted molar refractivity (Wildman–Crippen MR) is 122 cm³/mol. The van der Waals surface area contributed by atoms with Crippen molar-refractivity contribution in [1.82, 2.24) is 10.2 Å². The van der Waals surface area contributed by atoms with Gasteiger partial charge in [0.05, 0.1) is 25.9 Å². The molecule has 6 nitrogen and oxygen atoms in total. The van der Waals surface area contributed by atoms with Crippen molar-refractivity contribution in [2.45, 2.75) is 33.9 Å². The SMILES string of the molecule is Cc1cc(C)c(NC(=O)CNC(=O)CN(Cc2ccccc2)Cc2ccco2)c(C)c1. The van der Waals surface area contributed by atoms with E-state index in [9.17, 15) is 9.59 Å². The van der Waals surface area contributed by atoms with Crippen molar-refractivity contribution in [2.24, 2.45) is 0 Å². The lowest BCUT2D eigenvalue weighted by Gasteiger charge is -2.21. The highest BCUT2D eigenvalue weighted by atomic mass is 16.3. The summed E-state index contributed by atoms with van der Waals surface area (Å²) in [6.45, 7) is 7.13. The van der Waals surface area contributed by atoms with Crippen molar-refractivity contribution in [2.75, 3.05) is 18.4 Å². The average Bonchev–Trinajstić information content (AvgIpc) is 3.23. The third kappa shape index (κ3) is 6.83. The number of amides is 2. The Bertz CT molecular complexity index is 991. The summed E-state index contributed by atoms with van der Waals surface area (Å²) in [6.07, 6.45) is 1.62. The Labute approximate surface area is 183 Å². The lowest BCUT2D eigenvalue weighted by Crippen LogP contribution is -2.40. The number of nitrogens with zero attached hydrogens (tertiary/aromatic N) is 1. The summed E-state index contributed by atoms with van der Waals surface area (Å²) in [5, 5.41) is 5.63. The molecular weight excluding hydrogens is 390 g/mol. The van der Waals surface area contributed by atoms with Crippen LogP contribution in [-0.4, -0.2) is 29.8 Å². The van der Waals surface area contributed by atoms with E-state index in [1.807, 2.05) is 80.3 Å². The second kappa shape index (κ2) is 10.6. The number of carbonyl (C=O) groups is 2. The first-order valence-corrected chi connectivity index (χ1v) is 10.3. The topological polar surface area (TPSA) is 74.6 Å². The largest absolute Gasteiger partial charge is 0.468 e. The van der Waals surface area contributed by atoms with E-state index in [-0.39, 0.29) is 24.9 Å². The summed E-state index contributed by atoms with van der Waals surface area (Å²) in [6, 6.07) is 17.7. The first-order valence-electron chi connectivity index (χ1n) is 10.3. The van der Waals surface area contributed by atoms with Crippen LogP contribution in [0.2, 0.25) is 0 Å². The normalized spacial score (nSPS) is 10.8. The van der Waals surface area contributed by atoms with E-state index in [2.05, 4.69) is 10.6 Å². The Kier molecular flexibility index (Phi) is 7.62. The van der Waals surface area contributed by atoms with Gasteiger partial charge in [0.1, 0.15) is 5.76 Å². The molecule has 6 heteroatoms. The molecule has 2 amide bonds. The third-order valence-electron chi connectivity index (χ3n) is 4.96. The molecule has 2 aromatic carbocycles. The fourth-order valence-electron chi connectivity index (χ4n) is 3.63. The van der Waals surface area contributed by atoms with Crippen molar-refractivity contribution in [3.8, 4) is 0 Å². The number of hydrogen-bond donors (Lipinski definition) is 2. The molecule has 1 heterocycles. The quantitative estimate of drug-likeness (QED) is 0.551. The van der Waals surface area contributed by atoms with Gasteiger partial charge in [-0.3, -0.25) is 14.5 Å². The highest BCUT2D eigenvalue weighted by Crippen LogP contribution is 2.21. The molecule has 0 saturated carbocycles. The molecule has 0 aliphatic rings. The van der Waals surface area contributed by atoms with Crippen molar-refractivity contribution in [3.05, 3.63) is 88.9 Å². The van der Waals surface area contributed by atoms with Crippen LogP contribution in [-0.2, 0) is 22.7 Å². The summed E-state index contributed by atoms with van der Waals surface area (Å²) < 4.78 is 5.44. The molecule has 3 aromatic rings. The van der Waals surface area contributed by atoms with Gasteiger partial charge in [-0.1, -0.05) is 48.0 Å². The zero-order valence-electron chi connectivity index (χ0n) is 18.3. The van der Waals surface area contributed by atoms with Crippen LogP contribution >= 0.6 is 0 Å².